The van der Waals surface area contributed by atoms with Crippen LogP contribution in [-0.4, -0.2) is 44.8 Å². The van der Waals surface area contributed by atoms with Gasteiger partial charge in [0, 0.05) is 18.2 Å². The average Bonchev–Trinajstić information content (AvgIpc) is 3.10. The highest BCUT2D eigenvalue weighted by Crippen LogP contribution is 2.35. The van der Waals surface area contributed by atoms with Crippen LogP contribution in [0.3, 0.4) is 0 Å². The van der Waals surface area contributed by atoms with Crippen LogP contribution < -0.4 is 11.2 Å². The van der Waals surface area contributed by atoms with Gasteiger partial charge in [-0.25, -0.2) is 4.79 Å². The maximum Gasteiger partial charge on any atom is 0.330 e. The van der Waals surface area contributed by atoms with Crippen LogP contribution in [0, 0.1) is 6.92 Å². The third kappa shape index (κ3) is 3.61. The number of benzene rings is 1. The van der Waals surface area contributed by atoms with Crippen molar-refractivity contribution in [2.24, 2.45) is 0 Å². The zero-order valence-electron chi connectivity index (χ0n) is 15.1. The fourth-order valence-corrected chi connectivity index (χ4v) is 3.76. The summed E-state index contributed by atoms with van der Waals surface area (Å²) in [4.78, 5) is 26.0. The van der Waals surface area contributed by atoms with Gasteiger partial charge in [0.15, 0.2) is 0 Å². The Morgan fingerprint density at radius 3 is 2.81 bits per heavy atom. The first-order valence-electron chi connectivity index (χ1n) is 9.13. The van der Waals surface area contributed by atoms with Gasteiger partial charge in [-0.05, 0) is 25.3 Å². The maximum atomic E-state index is 12.1. The fraction of sp³-hybridized carbons (Fsp3) is 0.474. The highest BCUT2D eigenvalue weighted by molar-refractivity contribution is 5.14. The Balaban J connectivity index is 1.45. The van der Waals surface area contributed by atoms with Gasteiger partial charge in [-0.2, -0.15) is 5.06 Å². The molecule has 1 aromatic heterocycles. The van der Waals surface area contributed by atoms with Gasteiger partial charge in [0.2, 0.25) is 0 Å². The summed E-state index contributed by atoms with van der Waals surface area (Å²) < 4.78 is 13.1. The molecular weight excluding hydrogens is 350 g/mol. The molecule has 4 rings (SSSR count). The van der Waals surface area contributed by atoms with Gasteiger partial charge >= 0.3 is 5.69 Å². The zero-order valence-corrected chi connectivity index (χ0v) is 15.1. The minimum Gasteiger partial charge on any atom is -0.358 e. The lowest BCUT2D eigenvalue weighted by Gasteiger charge is -2.38. The molecule has 4 unspecified atom stereocenters. The van der Waals surface area contributed by atoms with Crippen LogP contribution in [0.15, 0.2) is 46.1 Å². The lowest BCUT2D eigenvalue weighted by Crippen LogP contribution is -2.53. The fourth-order valence-electron chi connectivity index (χ4n) is 3.76. The topological polar surface area (TPSA) is 96.8 Å². The molecule has 0 saturated carbocycles. The molecule has 2 fully saturated rings. The van der Waals surface area contributed by atoms with E-state index in [-0.39, 0.29) is 12.1 Å². The molecule has 3 heterocycles. The number of fused-ring (bicyclic) bond motifs is 1. The second-order valence-corrected chi connectivity index (χ2v) is 7.10. The largest absolute Gasteiger partial charge is 0.358 e. The zero-order chi connectivity index (χ0) is 19.0. The van der Waals surface area contributed by atoms with Crippen molar-refractivity contribution in [3.05, 3.63) is 68.5 Å². The van der Waals surface area contributed by atoms with Gasteiger partial charge in [-0.3, -0.25) is 14.3 Å². The van der Waals surface area contributed by atoms with Crippen LogP contribution in [0.5, 0.6) is 0 Å². The van der Waals surface area contributed by atoms with E-state index in [1.807, 2.05) is 30.3 Å². The van der Waals surface area contributed by atoms with Gasteiger partial charge in [0.25, 0.3) is 5.56 Å². The summed E-state index contributed by atoms with van der Waals surface area (Å²) in [6.07, 6.45) is 2.11. The van der Waals surface area contributed by atoms with E-state index in [4.69, 9.17) is 9.47 Å². The quantitative estimate of drug-likeness (QED) is 0.835. The number of ether oxygens (including phenoxy) is 2. The highest BCUT2D eigenvalue weighted by atomic mass is 16.6. The molecule has 2 saturated heterocycles. The molecule has 0 aliphatic carbocycles. The molecule has 8 nitrogen and oxygen atoms in total. The molecule has 4 atom stereocenters. The first-order chi connectivity index (χ1) is 13.0. The van der Waals surface area contributed by atoms with Gasteiger partial charge < -0.3 is 14.7 Å². The Kier molecular flexibility index (Phi) is 4.96. The van der Waals surface area contributed by atoms with Crippen LogP contribution in [0.1, 0.15) is 30.2 Å². The maximum absolute atomic E-state index is 12.1. The van der Waals surface area contributed by atoms with E-state index in [9.17, 15) is 14.8 Å². The van der Waals surface area contributed by atoms with E-state index in [0.717, 1.165) is 6.42 Å². The van der Waals surface area contributed by atoms with E-state index < -0.39 is 23.7 Å². The smallest absolute Gasteiger partial charge is 0.330 e. The summed E-state index contributed by atoms with van der Waals surface area (Å²) >= 11 is 0. The second kappa shape index (κ2) is 7.40. The Hall–Kier alpha value is -2.26. The van der Waals surface area contributed by atoms with Gasteiger partial charge in [0.1, 0.15) is 18.6 Å². The van der Waals surface area contributed by atoms with Crippen molar-refractivity contribution >= 4 is 0 Å². The third-order valence-electron chi connectivity index (χ3n) is 5.27. The molecule has 27 heavy (non-hydrogen) atoms. The summed E-state index contributed by atoms with van der Waals surface area (Å²) in [6.45, 7) is 1.99. The minimum atomic E-state index is -0.547. The van der Waals surface area contributed by atoms with Crippen LogP contribution >= 0.6 is 0 Å². The molecule has 8 heteroatoms. The monoisotopic (exact) mass is 373 g/mol. The van der Waals surface area contributed by atoms with Crippen LogP contribution in [-0.2, 0) is 15.9 Å². The number of H-pyrrole nitrogens is 1. The molecule has 0 radical (unpaired) electrons. The van der Waals surface area contributed by atoms with Gasteiger partial charge in [0.05, 0.1) is 12.6 Å². The van der Waals surface area contributed by atoms with Crippen LogP contribution in [0.25, 0.3) is 0 Å². The summed E-state index contributed by atoms with van der Waals surface area (Å²) in [6, 6.07) is 9.79. The normalized spacial score (nSPS) is 28.2. The summed E-state index contributed by atoms with van der Waals surface area (Å²) in [5.74, 6) is 0. The molecule has 0 bridgehead atoms. The van der Waals surface area contributed by atoms with Crippen LogP contribution in [0.4, 0.5) is 0 Å². The third-order valence-corrected chi connectivity index (χ3v) is 5.27. The molecule has 2 aliphatic heterocycles. The number of nitrogens with one attached hydrogen (secondary N) is 1. The van der Waals surface area contributed by atoms with Crippen molar-refractivity contribution in [1.29, 1.82) is 0 Å². The predicted molar refractivity (Wildman–Crippen MR) is 96.5 cm³/mol. The van der Waals surface area contributed by atoms with Crippen molar-refractivity contribution in [1.82, 2.24) is 14.6 Å². The molecule has 2 N–H and O–H groups in total. The van der Waals surface area contributed by atoms with Crippen molar-refractivity contribution < 1.29 is 14.7 Å². The van der Waals surface area contributed by atoms with Gasteiger partial charge in [-0.1, -0.05) is 30.3 Å². The summed E-state index contributed by atoms with van der Waals surface area (Å²) in [5, 5.41) is 11.9. The number of hydroxylamine groups is 2. The average molecular weight is 373 g/mol. The SMILES string of the molecule is Cc1cn(C2CC3C(COC(CCc4ccccc4)N3O)O2)c(=O)[nH]c1=O. The number of hydrogen-bond acceptors (Lipinski definition) is 6. The van der Waals surface area contributed by atoms with Crippen molar-refractivity contribution in [2.75, 3.05) is 6.61 Å². The van der Waals surface area contributed by atoms with E-state index in [2.05, 4.69) is 4.98 Å². The Morgan fingerprint density at radius 2 is 2.04 bits per heavy atom. The first-order valence-corrected chi connectivity index (χ1v) is 9.13. The molecule has 0 amide bonds. The number of aromatic nitrogens is 2. The molecule has 2 aromatic rings. The number of rotatable bonds is 4. The van der Waals surface area contributed by atoms with Crippen molar-refractivity contribution in [3.8, 4) is 0 Å². The first kappa shape index (κ1) is 18.1. The molecule has 0 spiro atoms. The standard InChI is InChI=1S/C19H23N3O5/c1-12-10-21(19(24)20-18(12)23)17-9-14-15(27-17)11-26-16(22(14)25)8-7-13-5-3-2-4-6-13/h2-6,10,14-17,25H,7-9,11H2,1H3,(H,20,23,24). The van der Waals surface area contributed by atoms with Crippen molar-refractivity contribution in [2.45, 2.75) is 50.8 Å². The number of hydrogen-bond donors (Lipinski definition) is 2. The molecular formula is C19H23N3O5. The Morgan fingerprint density at radius 1 is 1.26 bits per heavy atom. The Bertz CT molecular complexity index is 910. The van der Waals surface area contributed by atoms with E-state index >= 15 is 0 Å². The van der Waals surface area contributed by atoms with E-state index in [0.29, 0.717) is 25.0 Å². The number of aryl methyl sites for hydroxylation is 2. The summed E-state index contributed by atoms with van der Waals surface area (Å²) in [7, 11) is 0. The number of aromatic amines is 1. The van der Waals surface area contributed by atoms with Crippen molar-refractivity contribution in [3.63, 3.8) is 0 Å². The second-order valence-electron chi connectivity index (χ2n) is 7.10. The highest BCUT2D eigenvalue weighted by Gasteiger charge is 2.46. The molecule has 2 aliphatic rings. The Labute approximate surface area is 155 Å². The predicted octanol–water partition coefficient (Wildman–Crippen LogP) is 1.18. The van der Waals surface area contributed by atoms with E-state index in [1.54, 1.807) is 6.92 Å². The van der Waals surface area contributed by atoms with Gasteiger partial charge in [-0.15, -0.1) is 0 Å². The summed E-state index contributed by atoms with van der Waals surface area (Å²) in [5.41, 5.74) is 0.707. The molecule has 1 aromatic carbocycles. The number of nitrogens with zero attached hydrogens (tertiary/aromatic N) is 2. The minimum absolute atomic E-state index is 0.261. The molecule has 144 valence electrons. The van der Waals surface area contributed by atoms with Crippen LogP contribution in [0.2, 0.25) is 0 Å². The lowest BCUT2D eigenvalue weighted by atomic mass is 10.0. The van der Waals surface area contributed by atoms with E-state index in [1.165, 1.54) is 21.4 Å². The lowest BCUT2D eigenvalue weighted by molar-refractivity contribution is -0.285.